The molecule has 1 atom stereocenters. The minimum absolute atomic E-state index is 0.169. The third-order valence-corrected chi connectivity index (χ3v) is 4.12. The van der Waals surface area contributed by atoms with Gasteiger partial charge in [-0.3, -0.25) is 0 Å². The Kier molecular flexibility index (Phi) is 3.43. The second-order valence-electron chi connectivity index (χ2n) is 5.07. The monoisotopic (exact) mass is 300 g/mol. The molecule has 0 bridgehead atoms. The molecule has 2 aromatic carbocycles. The number of rotatable bonds is 3. The topological polar surface area (TPSA) is 42.6 Å². The summed E-state index contributed by atoms with van der Waals surface area (Å²) < 4.78 is 11.2. The average molecular weight is 300 g/mol. The van der Waals surface area contributed by atoms with Crippen molar-refractivity contribution in [3.63, 3.8) is 0 Å². The van der Waals surface area contributed by atoms with Crippen LogP contribution in [0.2, 0.25) is 0 Å². The number of hydrogen-bond donors (Lipinski definition) is 1. The molecule has 0 saturated heterocycles. The summed E-state index contributed by atoms with van der Waals surface area (Å²) in [5.74, 6) is 0. The lowest BCUT2D eigenvalue weighted by atomic mass is 9.92. The van der Waals surface area contributed by atoms with Crippen LogP contribution in [0.5, 0.6) is 0 Å². The Labute approximate surface area is 128 Å². The highest BCUT2D eigenvalue weighted by molar-refractivity contribution is 7.80. The van der Waals surface area contributed by atoms with Gasteiger partial charge in [-0.15, -0.1) is 0 Å². The van der Waals surface area contributed by atoms with E-state index in [2.05, 4.69) is 0 Å². The van der Waals surface area contributed by atoms with Gasteiger partial charge in [-0.05, 0) is 38.2 Å². The molecule has 1 N–H and O–H groups in total. The zero-order chi connectivity index (χ0) is 15.0. The lowest BCUT2D eigenvalue weighted by molar-refractivity contribution is 0.104. The molecule has 21 heavy (non-hydrogen) atoms. The molecule has 0 spiro atoms. The summed E-state index contributed by atoms with van der Waals surface area (Å²) in [5.41, 5.74) is 0.868. The van der Waals surface area contributed by atoms with Crippen molar-refractivity contribution in [2.45, 2.75) is 19.4 Å². The largest absolute Gasteiger partial charge is 0.484 e. The van der Waals surface area contributed by atoms with Crippen molar-refractivity contribution in [1.82, 2.24) is 0 Å². The molecule has 0 saturated carbocycles. The summed E-state index contributed by atoms with van der Waals surface area (Å²) >= 11 is 5.23. The van der Waals surface area contributed by atoms with Gasteiger partial charge in [0, 0.05) is 16.3 Å². The van der Waals surface area contributed by atoms with Crippen molar-refractivity contribution < 1.29 is 14.3 Å². The van der Waals surface area contributed by atoms with Crippen molar-refractivity contribution in [2.75, 3.05) is 6.61 Å². The van der Waals surface area contributed by atoms with Crippen LogP contribution in [0.1, 0.15) is 19.4 Å². The van der Waals surface area contributed by atoms with E-state index in [4.69, 9.17) is 21.4 Å². The van der Waals surface area contributed by atoms with Gasteiger partial charge in [0.2, 0.25) is 0 Å². The first-order valence-electron chi connectivity index (χ1n) is 6.86. The number of thiocarbonyl (C=S) groups is 1. The maximum Gasteiger partial charge on any atom is 0.196 e. The van der Waals surface area contributed by atoms with Crippen LogP contribution >= 0.6 is 12.2 Å². The van der Waals surface area contributed by atoms with E-state index >= 15 is 0 Å². The van der Waals surface area contributed by atoms with Gasteiger partial charge >= 0.3 is 0 Å². The van der Waals surface area contributed by atoms with Crippen molar-refractivity contribution in [3.8, 4) is 0 Å². The molecule has 108 valence electrons. The maximum atomic E-state index is 10.9. The average Bonchev–Trinajstić information content (AvgIpc) is 2.85. The predicted molar refractivity (Wildman–Crippen MR) is 87.5 cm³/mol. The van der Waals surface area contributed by atoms with Crippen LogP contribution in [0.25, 0.3) is 21.9 Å². The van der Waals surface area contributed by atoms with Crippen LogP contribution < -0.4 is 0 Å². The summed E-state index contributed by atoms with van der Waals surface area (Å²) in [5, 5.41) is 12.9. The summed E-state index contributed by atoms with van der Waals surface area (Å²) in [6.45, 7) is 3.93. The van der Waals surface area contributed by atoms with Crippen LogP contribution in [-0.2, 0) is 10.3 Å². The van der Waals surface area contributed by atoms with Gasteiger partial charge < -0.3 is 14.3 Å². The van der Waals surface area contributed by atoms with E-state index < -0.39 is 5.60 Å². The molecule has 0 aliphatic carbocycles. The van der Waals surface area contributed by atoms with Gasteiger partial charge in [-0.25, -0.2) is 0 Å². The van der Waals surface area contributed by atoms with Gasteiger partial charge in [0.15, 0.2) is 10.7 Å². The van der Waals surface area contributed by atoms with Crippen LogP contribution in [0.4, 0.5) is 0 Å². The number of ether oxygens (including phenoxy) is 1. The van der Waals surface area contributed by atoms with Crippen LogP contribution in [-0.4, -0.2) is 16.8 Å². The normalized spacial score (nSPS) is 14.2. The second kappa shape index (κ2) is 5.13. The van der Waals surface area contributed by atoms with Crippen molar-refractivity contribution >= 4 is 39.2 Å². The standard InChI is InChI=1S/C17H16O3S/c1-3-19-16(21)17(2,18)12-8-6-10-14-15(12)11-7-4-5-9-13(11)20-14/h4-10,18H,3H2,1-2H3. The number of fused-ring (bicyclic) bond motifs is 3. The number of benzene rings is 2. The molecule has 0 amide bonds. The fourth-order valence-corrected chi connectivity index (χ4v) is 2.79. The van der Waals surface area contributed by atoms with E-state index in [0.29, 0.717) is 12.2 Å². The fraction of sp³-hybridized carbons (Fsp3) is 0.235. The van der Waals surface area contributed by atoms with Crippen LogP contribution in [0.3, 0.4) is 0 Å². The molecule has 0 aliphatic rings. The molecular formula is C17H16O3S. The first kappa shape index (κ1) is 14.0. The SMILES string of the molecule is CCOC(=S)C(C)(O)c1cccc2oc3ccccc3c12. The summed E-state index contributed by atoms with van der Waals surface area (Å²) in [7, 11) is 0. The van der Waals surface area contributed by atoms with E-state index in [1.807, 2.05) is 49.4 Å². The Morgan fingerprint density at radius 3 is 2.67 bits per heavy atom. The van der Waals surface area contributed by atoms with Crippen LogP contribution in [0, 0.1) is 0 Å². The summed E-state index contributed by atoms with van der Waals surface area (Å²) in [6, 6.07) is 13.4. The lowest BCUT2D eigenvalue weighted by Crippen LogP contribution is -2.32. The van der Waals surface area contributed by atoms with E-state index in [0.717, 1.165) is 21.9 Å². The first-order chi connectivity index (χ1) is 10.1. The number of hydrogen-bond acceptors (Lipinski definition) is 4. The molecular weight excluding hydrogens is 284 g/mol. The zero-order valence-corrected chi connectivity index (χ0v) is 12.7. The minimum atomic E-state index is -1.35. The van der Waals surface area contributed by atoms with E-state index in [1.165, 1.54) is 0 Å². The second-order valence-corrected chi connectivity index (χ2v) is 5.44. The summed E-state index contributed by atoms with van der Waals surface area (Å²) in [4.78, 5) is 0. The predicted octanol–water partition coefficient (Wildman–Crippen LogP) is 4.16. The highest BCUT2D eigenvalue weighted by atomic mass is 32.1. The van der Waals surface area contributed by atoms with Crippen molar-refractivity contribution in [3.05, 3.63) is 48.0 Å². The van der Waals surface area contributed by atoms with E-state index in [1.54, 1.807) is 6.92 Å². The lowest BCUT2D eigenvalue weighted by Gasteiger charge is -2.25. The number of furan rings is 1. The smallest absolute Gasteiger partial charge is 0.196 e. The molecule has 0 radical (unpaired) electrons. The van der Waals surface area contributed by atoms with Gasteiger partial charge in [-0.1, -0.05) is 30.3 Å². The van der Waals surface area contributed by atoms with E-state index in [-0.39, 0.29) is 5.05 Å². The van der Waals surface area contributed by atoms with Crippen molar-refractivity contribution in [1.29, 1.82) is 0 Å². The van der Waals surface area contributed by atoms with Gasteiger partial charge in [0.05, 0.1) is 6.61 Å². The Balaban J connectivity index is 2.30. The fourth-order valence-electron chi connectivity index (χ4n) is 2.56. The van der Waals surface area contributed by atoms with Gasteiger partial charge in [0.25, 0.3) is 0 Å². The molecule has 3 aromatic rings. The minimum Gasteiger partial charge on any atom is -0.484 e. The Morgan fingerprint density at radius 1 is 1.19 bits per heavy atom. The maximum absolute atomic E-state index is 10.9. The Hall–Kier alpha value is -1.91. The molecule has 3 nitrogen and oxygen atoms in total. The summed E-state index contributed by atoms with van der Waals surface area (Å²) in [6.07, 6.45) is 0. The molecule has 1 aromatic heterocycles. The number of aliphatic hydroxyl groups is 1. The highest BCUT2D eigenvalue weighted by Crippen LogP contribution is 2.36. The third kappa shape index (κ3) is 2.20. The molecule has 0 aliphatic heterocycles. The van der Waals surface area contributed by atoms with Gasteiger partial charge in [0.1, 0.15) is 11.2 Å². The Morgan fingerprint density at radius 2 is 1.90 bits per heavy atom. The van der Waals surface area contributed by atoms with Crippen molar-refractivity contribution in [2.24, 2.45) is 0 Å². The molecule has 1 unspecified atom stereocenters. The first-order valence-corrected chi connectivity index (χ1v) is 7.27. The molecule has 0 fully saturated rings. The zero-order valence-electron chi connectivity index (χ0n) is 11.9. The van der Waals surface area contributed by atoms with Crippen LogP contribution in [0.15, 0.2) is 46.9 Å². The molecule has 4 heteroatoms. The highest BCUT2D eigenvalue weighted by Gasteiger charge is 2.33. The quantitative estimate of drug-likeness (QED) is 0.738. The Bertz CT molecular complexity index is 817. The molecule has 3 rings (SSSR count). The third-order valence-electron chi connectivity index (χ3n) is 3.60. The van der Waals surface area contributed by atoms with E-state index in [9.17, 15) is 5.11 Å². The number of para-hydroxylation sites is 1. The molecule has 1 heterocycles. The van der Waals surface area contributed by atoms with Gasteiger partial charge in [-0.2, -0.15) is 0 Å².